The second kappa shape index (κ2) is 5.28. The monoisotopic (exact) mass is 287 g/mol. The van der Waals surface area contributed by atoms with Crippen LogP contribution >= 0.6 is 11.8 Å². The molecule has 0 amide bonds. The van der Waals surface area contributed by atoms with E-state index in [1.807, 2.05) is 19.9 Å². The molecule has 1 aliphatic carbocycles. The Balaban J connectivity index is 1.97. The van der Waals surface area contributed by atoms with Gasteiger partial charge in [-0.3, -0.25) is 4.79 Å². The molecule has 0 atom stereocenters. The van der Waals surface area contributed by atoms with Crippen molar-refractivity contribution in [1.82, 2.24) is 0 Å². The highest BCUT2D eigenvalue weighted by atomic mass is 32.2. The number of hydrogen-bond donors (Lipinski definition) is 0. The summed E-state index contributed by atoms with van der Waals surface area (Å²) in [5, 5.41) is 1.12. The summed E-state index contributed by atoms with van der Waals surface area (Å²) in [6.07, 6.45) is 5.63. The number of rotatable bonds is 3. The molecule has 20 heavy (non-hydrogen) atoms. The Kier molecular flexibility index (Phi) is 3.63. The summed E-state index contributed by atoms with van der Waals surface area (Å²) in [6.45, 7) is 6.05. The van der Waals surface area contributed by atoms with Gasteiger partial charge in [0.25, 0.3) is 0 Å². The van der Waals surface area contributed by atoms with Gasteiger partial charge in [0.2, 0.25) is 0 Å². The number of ketones is 1. The Morgan fingerprint density at radius 3 is 2.75 bits per heavy atom. The molecule has 1 heterocycles. The van der Waals surface area contributed by atoms with Gasteiger partial charge in [-0.25, -0.2) is 0 Å². The predicted molar refractivity (Wildman–Crippen MR) is 85.1 cm³/mol. The van der Waals surface area contributed by atoms with E-state index in [2.05, 4.69) is 30.0 Å². The first-order chi connectivity index (χ1) is 9.56. The van der Waals surface area contributed by atoms with Crippen LogP contribution in [0.15, 0.2) is 34.2 Å². The summed E-state index contributed by atoms with van der Waals surface area (Å²) in [6, 6.07) is 7.18. The van der Waals surface area contributed by atoms with E-state index in [0.717, 1.165) is 5.03 Å². The van der Waals surface area contributed by atoms with Crippen LogP contribution in [0.5, 0.6) is 0 Å². The summed E-state index contributed by atoms with van der Waals surface area (Å²) >= 11 is 1.75. The van der Waals surface area contributed by atoms with Crippen molar-refractivity contribution in [2.24, 2.45) is 5.92 Å². The minimum atomic E-state index is 0.0665. The number of hydrogen-bond acceptors (Lipinski definition) is 3. The van der Waals surface area contributed by atoms with E-state index in [0.29, 0.717) is 6.04 Å². The van der Waals surface area contributed by atoms with Gasteiger partial charge in [0.1, 0.15) is 0 Å². The molecule has 0 saturated heterocycles. The van der Waals surface area contributed by atoms with E-state index in [1.54, 1.807) is 11.8 Å². The lowest BCUT2D eigenvalue weighted by atomic mass is 9.91. The largest absolute Gasteiger partial charge is 0.332 e. The maximum atomic E-state index is 12.1. The number of allylic oxidation sites excluding steroid dienone is 1. The van der Waals surface area contributed by atoms with E-state index >= 15 is 0 Å². The zero-order chi connectivity index (χ0) is 14.3. The van der Waals surface area contributed by atoms with Crippen LogP contribution in [0.2, 0.25) is 0 Å². The van der Waals surface area contributed by atoms with Crippen molar-refractivity contribution in [1.29, 1.82) is 0 Å². The Hall–Kier alpha value is -1.22. The maximum Gasteiger partial charge on any atom is 0.160 e. The molecule has 1 saturated carbocycles. The van der Waals surface area contributed by atoms with Gasteiger partial charge in [-0.1, -0.05) is 31.7 Å². The van der Waals surface area contributed by atoms with Gasteiger partial charge in [0.05, 0.1) is 10.7 Å². The van der Waals surface area contributed by atoms with Crippen LogP contribution in [0.4, 0.5) is 5.69 Å². The molecule has 2 aliphatic rings. The lowest BCUT2D eigenvalue weighted by Gasteiger charge is -2.37. The summed E-state index contributed by atoms with van der Waals surface area (Å²) in [5.74, 6) is 0.290. The third-order valence-corrected chi connectivity index (χ3v) is 5.17. The Bertz CT molecular complexity index is 572. The molecule has 1 aliphatic heterocycles. The average Bonchev–Trinajstić information content (AvgIpc) is 2.65. The fourth-order valence-electron chi connectivity index (χ4n) is 2.59. The number of carbonyl (C=O) groups is 1. The van der Waals surface area contributed by atoms with Crippen LogP contribution in [0.3, 0.4) is 0 Å². The second-order valence-electron chi connectivity index (χ2n) is 6.07. The van der Waals surface area contributed by atoms with Crippen molar-refractivity contribution in [3.8, 4) is 0 Å². The fraction of sp³-hybridized carbons (Fsp3) is 0.471. The molecule has 1 aromatic rings. The van der Waals surface area contributed by atoms with Crippen LogP contribution in [-0.4, -0.2) is 11.8 Å². The van der Waals surface area contributed by atoms with Crippen molar-refractivity contribution < 1.29 is 4.79 Å². The Morgan fingerprint density at radius 2 is 2.15 bits per heavy atom. The molecule has 106 valence electrons. The molecule has 1 fully saturated rings. The molecule has 0 unspecified atom stereocenters. The normalized spacial score (nSPS) is 20.4. The second-order valence-corrected chi connectivity index (χ2v) is 7.13. The number of fused-ring (bicyclic) bond motifs is 1. The standard InChI is InChI=1S/C17H21NOS/c1-11(2)15(19)10-17-18(13-5-4-6-13)14-8-7-12(3)9-16(14)20-17/h7-11,13H,4-6H2,1-3H3/b17-10-. The SMILES string of the molecule is Cc1ccc2c(c1)S/C(=C\C(=O)C(C)C)N2C1CCC1. The number of nitrogens with zero attached hydrogens (tertiary/aromatic N) is 1. The summed E-state index contributed by atoms with van der Waals surface area (Å²) < 4.78 is 0. The van der Waals surface area contributed by atoms with Gasteiger partial charge >= 0.3 is 0 Å². The Labute approximate surface area is 125 Å². The smallest absolute Gasteiger partial charge is 0.160 e. The zero-order valence-electron chi connectivity index (χ0n) is 12.3. The molecular formula is C17H21NOS. The molecule has 0 radical (unpaired) electrons. The molecule has 2 nitrogen and oxygen atoms in total. The van der Waals surface area contributed by atoms with Gasteiger partial charge in [-0.2, -0.15) is 0 Å². The molecule has 1 aromatic carbocycles. The maximum absolute atomic E-state index is 12.1. The summed E-state index contributed by atoms with van der Waals surface area (Å²) in [5.41, 5.74) is 2.56. The molecule has 0 bridgehead atoms. The summed E-state index contributed by atoms with van der Waals surface area (Å²) in [4.78, 5) is 15.8. The number of anilines is 1. The van der Waals surface area contributed by atoms with Crippen molar-refractivity contribution in [3.05, 3.63) is 34.9 Å². The van der Waals surface area contributed by atoms with Gasteiger partial charge in [0.15, 0.2) is 5.78 Å². The van der Waals surface area contributed by atoms with Crippen molar-refractivity contribution >= 4 is 23.2 Å². The topological polar surface area (TPSA) is 20.3 Å². The fourth-order valence-corrected chi connectivity index (χ4v) is 3.85. The van der Waals surface area contributed by atoms with Crippen molar-refractivity contribution in [2.75, 3.05) is 4.90 Å². The van der Waals surface area contributed by atoms with E-state index in [4.69, 9.17) is 0 Å². The highest BCUT2D eigenvalue weighted by Gasteiger charge is 2.34. The average molecular weight is 287 g/mol. The van der Waals surface area contributed by atoms with E-state index < -0.39 is 0 Å². The lowest BCUT2D eigenvalue weighted by Crippen LogP contribution is -2.37. The van der Waals surface area contributed by atoms with Crippen LogP contribution in [0, 0.1) is 12.8 Å². The first kappa shape index (κ1) is 13.7. The van der Waals surface area contributed by atoms with E-state index in [-0.39, 0.29) is 11.7 Å². The van der Waals surface area contributed by atoms with Gasteiger partial charge in [-0.05, 0) is 43.9 Å². The van der Waals surface area contributed by atoms with Crippen LogP contribution < -0.4 is 4.90 Å². The van der Waals surface area contributed by atoms with Crippen LogP contribution in [0.25, 0.3) is 0 Å². The Morgan fingerprint density at radius 1 is 1.40 bits per heavy atom. The van der Waals surface area contributed by atoms with Gasteiger partial charge < -0.3 is 4.90 Å². The van der Waals surface area contributed by atoms with Crippen molar-refractivity contribution in [3.63, 3.8) is 0 Å². The van der Waals surface area contributed by atoms with Gasteiger partial charge in [0, 0.05) is 22.9 Å². The predicted octanol–water partition coefficient (Wildman–Crippen LogP) is 4.53. The lowest BCUT2D eigenvalue weighted by molar-refractivity contribution is -0.117. The van der Waals surface area contributed by atoms with Crippen LogP contribution in [-0.2, 0) is 4.79 Å². The summed E-state index contributed by atoms with van der Waals surface area (Å²) in [7, 11) is 0. The minimum Gasteiger partial charge on any atom is -0.332 e. The van der Waals surface area contributed by atoms with Crippen molar-refractivity contribution in [2.45, 2.75) is 51.0 Å². The van der Waals surface area contributed by atoms with Gasteiger partial charge in [-0.15, -0.1) is 0 Å². The number of benzene rings is 1. The molecule has 0 N–H and O–H groups in total. The molecule has 0 aromatic heterocycles. The molecular weight excluding hydrogens is 266 g/mol. The quantitative estimate of drug-likeness (QED) is 0.762. The first-order valence-electron chi connectivity index (χ1n) is 7.39. The molecule has 3 rings (SSSR count). The third kappa shape index (κ3) is 2.39. The minimum absolute atomic E-state index is 0.0665. The third-order valence-electron chi connectivity index (χ3n) is 4.10. The highest BCUT2D eigenvalue weighted by Crippen LogP contribution is 2.50. The zero-order valence-corrected chi connectivity index (χ0v) is 13.2. The molecule has 3 heteroatoms. The molecule has 0 spiro atoms. The number of aryl methyl sites for hydroxylation is 1. The van der Waals surface area contributed by atoms with E-state index in [9.17, 15) is 4.79 Å². The highest BCUT2D eigenvalue weighted by molar-refractivity contribution is 8.03. The first-order valence-corrected chi connectivity index (χ1v) is 8.21. The van der Waals surface area contributed by atoms with E-state index in [1.165, 1.54) is 35.4 Å². The number of carbonyl (C=O) groups excluding carboxylic acids is 1. The number of thioether (sulfide) groups is 1. The van der Waals surface area contributed by atoms with Crippen LogP contribution in [0.1, 0.15) is 38.7 Å².